The van der Waals surface area contributed by atoms with Crippen LogP contribution in [-0.4, -0.2) is 31.4 Å². The highest BCUT2D eigenvalue weighted by Crippen LogP contribution is 2.37. The quantitative estimate of drug-likeness (QED) is 0.676. The third kappa shape index (κ3) is 3.65. The van der Waals surface area contributed by atoms with E-state index >= 15 is 0 Å². The van der Waals surface area contributed by atoms with E-state index in [9.17, 15) is 9.59 Å². The van der Waals surface area contributed by atoms with Gasteiger partial charge in [-0.15, -0.1) is 11.3 Å². The highest BCUT2D eigenvalue weighted by Gasteiger charge is 2.31. The van der Waals surface area contributed by atoms with Gasteiger partial charge < -0.3 is 19.5 Å². The van der Waals surface area contributed by atoms with E-state index in [0.29, 0.717) is 9.88 Å². The second kappa shape index (κ2) is 7.75. The first kappa shape index (κ1) is 19.3. The standard InChI is InChI=1S/C22H23N3O3S/c1-14-13-19(23-21(26)18-9-6-12-28-18)29-20(14)22(27)25-15(2)10-11-24(3)16-7-4-5-8-17(16)25/h4-9,12-13,15H,10-11H2,1-3H3,(H,23,26)/t15-/m0/s1. The van der Waals surface area contributed by atoms with Crippen LogP contribution in [0.4, 0.5) is 16.4 Å². The van der Waals surface area contributed by atoms with Crippen LogP contribution < -0.4 is 15.1 Å². The molecule has 0 spiro atoms. The third-order valence-electron chi connectivity index (χ3n) is 5.19. The van der Waals surface area contributed by atoms with E-state index in [-0.39, 0.29) is 23.6 Å². The van der Waals surface area contributed by atoms with E-state index in [0.717, 1.165) is 29.9 Å². The van der Waals surface area contributed by atoms with Crippen molar-refractivity contribution in [1.29, 1.82) is 0 Å². The number of fused-ring (bicyclic) bond motifs is 1. The lowest BCUT2D eigenvalue weighted by molar-refractivity contribution is 0.0978. The number of rotatable bonds is 3. The molecular weight excluding hydrogens is 386 g/mol. The number of hydrogen-bond donors (Lipinski definition) is 1. The number of furan rings is 1. The minimum Gasteiger partial charge on any atom is -0.459 e. The van der Waals surface area contributed by atoms with Crippen molar-refractivity contribution in [1.82, 2.24) is 0 Å². The summed E-state index contributed by atoms with van der Waals surface area (Å²) in [6.07, 6.45) is 2.34. The van der Waals surface area contributed by atoms with E-state index in [1.165, 1.54) is 17.6 Å². The fourth-order valence-electron chi connectivity index (χ4n) is 3.61. The highest BCUT2D eigenvalue weighted by molar-refractivity contribution is 7.18. The molecule has 1 aliphatic heterocycles. The molecule has 1 atom stereocenters. The van der Waals surface area contributed by atoms with Crippen molar-refractivity contribution in [3.63, 3.8) is 0 Å². The Morgan fingerprint density at radius 3 is 2.66 bits per heavy atom. The maximum atomic E-state index is 13.6. The molecule has 1 aromatic carbocycles. The number of aryl methyl sites for hydroxylation is 1. The minimum absolute atomic E-state index is 0.0405. The van der Waals surface area contributed by atoms with Gasteiger partial charge in [0.2, 0.25) is 0 Å². The normalized spacial score (nSPS) is 16.3. The number of anilines is 3. The van der Waals surface area contributed by atoms with Gasteiger partial charge in [-0.05, 0) is 56.2 Å². The molecule has 3 aromatic rings. The summed E-state index contributed by atoms with van der Waals surface area (Å²) in [5, 5.41) is 3.45. The molecule has 0 aliphatic carbocycles. The molecule has 0 unspecified atom stereocenters. The first-order valence-corrected chi connectivity index (χ1v) is 10.4. The summed E-state index contributed by atoms with van der Waals surface area (Å²) in [6, 6.07) is 13.2. The number of hydrogen-bond acceptors (Lipinski definition) is 5. The van der Waals surface area contributed by atoms with E-state index in [1.807, 2.05) is 42.2 Å². The smallest absolute Gasteiger partial charge is 0.291 e. The Bertz CT molecular complexity index is 1040. The molecule has 29 heavy (non-hydrogen) atoms. The van der Waals surface area contributed by atoms with Gasteiger partial charge in [0.25, 0.3) is 11.8 Å². The second-order valence-electron chi connectivity index (χ2n) is 7.28. The van der Waals surface area contributed by atoms with Gasteiger partial charge in [-0.1, -0.05) is 12.1 Å². The number of nitrogens with zero attached hydrogens (tertiary/aromatic N) is 2. The summed E-state index contributed by atoms with van der Waals surface area (Å²) in [5.74, 6) is -0.131. The number of thiophene rings is 1. The molecule has 0 saturated carbocycles. The zero-order chi connectivity index (χ0) is 20.5. The van der Waals surface area contributed by atoms with Crippen molar-refractivity contribution in [2.75, 3.05) is 28.7 Å². The summed E-state index contributed by atoms with van der Waals surface area (Å²) >= 11 is 1.29. The monoisotopic (exact) mass is 409 g/mol. The molecule has 2 amide bonds. The van der Waals surface area contributed by atoms with Gasteiger partial charge in [0.15, 0.2) is 5.76 Å². The fraction of sp³-hybridized carbons (Fsp3) is 0.273. The average Bonchev–Trinajstić information content (AvgIpc) is 3.34. The predicted octanol–water partition coefficient (Wildman–Crippen LogP) is 4.78. The molecule has 1 N–H and O–H groups in total. The molecule has 6 nitrogen and oxygen atoms in total. The number of benzene rings is 1. The summed E-state index contributed by atoms with van der Waals surface area (Å²) in [6.45, 7) is 4.86. The predicted molar refractivity (Wildman–Crippen MR) is 116 cm³/mol. The Kier molecular flexibility index (Phi) is 5.15. The van der Waals surface area contributed by atoms with E-state index in [2.05, 4.69) is 24.2 Å². The number of nitrogens with one attached hydrogen (secondary N) is 1. The lowest BCUT2D eigenvalue weighted by atomic mass is 10.1. The van der Waals surface area contributed by atoms with Crippen LogP contribution in [0.2, 0.25) is 0 Å². The van der Waals surface area contributed by atoms with Gasteiger partial charge in [-0.3, -0.25) is 9.59 Å². The Labute approximate surface area is 173 Å². The van der Waals surface area contributed by atoms with Crippen molar-refractivity contribution in [2.24, 2.45) is 0 Å². The maximum absolute atomic E-state index is 13.6. The van der Waals surface area contributed by atoms with Gasteiger partial charge in [0.1, 0.15) is 0 Å². The van der Waals surface area contributed by atoms with Crippen LogP contribution in [-0.2, 0) is 0 Å². The molecule has 3 heterocycles. The van der Waals surface area contributed by atoms with Gasteiger partial charge in [-0.25, -0.2) is 0 Å². The van der Waals surface area contributed by atoms with E-state index in [4.69, 9.17) is 4.42 Å². The summed E-state index contributed by atoms with van der Waals surface area (Å²) in [5.41, 5.74) is 2.81. The van der Waals surface area contributed by atoms with E-state index in [1.54, 1.807) is 12.1 Å². The van der Waals surface area contributed by atoms with Crippen LogP contribution in [0.5, 0.6) is 0 Å². The van der Waals surface area contributed by atoms with Gasteiger partial charge in [-0.2, -0.15) is 0 Å². The number of para-hydroxylation sites is 2. The van der Waals surface area contributed by atoms with Crippen LogP contribution >= 0.6 is 11.3 Å². The molecule has 2 aromatic heterocycles. The molecular formula is C22H23N3O3S. The lowest BCUT2D eigenvalue weighted by Gasteiger charge is -2.28. The molecule has 0 bridgehead atoms. The molecule has 1 aliphatic rings. The Hall–Kier alpha value is -3.06. The van der Waals surface area contributed by atoms with Crippen LogP contribution in [0, 0.1) is 6.92 Å². The van der Waals surface area contributed by atoms with Crippen LogP contribution in [0.3, 0.4) is 0 Å². The second-order valence-corrected chi connectivity index (χ2v) is 8.33. The Morgan fingerprint density at radius 1 is 1.17 bits per heavy atom. The van der Waals surface area contributed by atoms with E-state index < -0.39 is 0 Å². The Morgan fingerprint density at radius 2 is 1.93 bits per heavy atom. The lowest BCUT2D eigenvalue weighted by Crippen LogP contribution is -2.38. The average molecular weight is 410 g/mol. The van der Waals surface area contributed by atoms with Crippen molar-refractivity contribution in [2.45, 2.75) is 26.3 Å². The van der Waals surface area contributed by atoms with Crippen LogP contribution in [0.25, 0.3) is 0 Å². The first-order chi connectivity index (χ1) is 14.0. The number of carbonyl (C=O) groups excluding carboxylic acids is 2. The van der Waals surface area contributed by atoms with Crippen molar-refractivity contribution >= 4 is 39.5 Å². The molecule has 0 fully saturated rings. The SMILES string of the molecule is Cc1cc(NC(=O)c2ccco2)sc1C(=O)N1c2ccccc2N(C)CC[C@@H]1C. The molecule has 0 saturated heterocycles. The number of amides is 2. The van der Waals surface area contributed by atoms with Crippen molar-refractivity contribution in [3.8, 4) is 0 Å². The topological polar surface area (TPSA) is 65.8 Å². The van der Waals surface area contributed by atoms with Crippen LogP contribution in [0.1, 0.15) is 39.1 Å². The first-order valence-electron chi connectivity index (χ1n) is 9.54. The highest BCUT2D eigenvalue weighted by atomic mass is 32.1. The van der Waals surface area contributed by atoms with Crippen molar-refractivity contribution < 1.29 is 14.0 Å². The van der Waals surface area contributed by atoms with Crippen molar-refractivity contribution in [3.05, 3.63) is 64.9 Å². The Balaban J connectivity index is 1.65. The molecule has 0 radical (unpaired) electrons. The maximum Gasteiger partial charge on any atom is 0.291 e. The molecule has 7 heteroatoms. The zero-order valence-electron chi connectivity index (χ0n) is 16.6. The number of carbonyl (C=O) groups is 2. The van der Waals surface area contributed by atoms with Gasteiger partial charge in [0, 0.05) is 19.6 Å². The fourth-order valence-corrected chi connectivity index (χ4v) is 4.62. The van der Waals surface area contributed by atoms with Gasteiger partial charge in [0.05, 0.1) is 27.5 Å². The van der Waals surface area contributed by atoms with Gasteiger partial charge >= 0.3 is 0 Å². The molecule has 4 rings (SSSR count). The molecule has 150 valence electrons. The summed E-state index contributed by atoms with van der Waals surface area (Å²) in [4.78, 5) is 30.5. The third-order valence-corrected chi connectivity index (χ3v) is 6.33. The largest absolute Gasteiger partial charge is 0.459 e. The minimum atomic E-state index is -0.328. The van der Waals surface area contributed by atoms with Crippen LogP contribution in [0.15, 0.2) is 53.1 Å². The summed E-state index contributed by atoms with van der Waals surface area (Å²) < 4.78 is 5.14. The zero-order valence-corrected chi connectivity index (χ0v) is 17.5. The summed E-state index contributed by atoms with van der Waals surface area (Å²) in [7, 11) is 2.05.